The molecule has 128 valence electrons. The number of amides is 2. The summed E-state index contributed by atoms with van der Waals surface area (Å²) in [6.07, 6.45) is 0.533. The number of nitrogens with one attached hydrogen (secondary N) is 2. The molecule has 1 atom stereocenters. The fourth-order valence-electron chi connectivity index (χ4n) is 2.30. The zero-order chi connectivity index (χ0) is 17.7. The van der Waals surface area contributed by atoms with E-state index in [1.165, 1.54) is 0 Å². The molecule has 0 aliphatic rings. The summed E-state index contributed by atoms with van der Waals surface area (Å²) >= 11 is 1.59. The molecule has 0 aliphatic heterocycles. The molecule has 2 aromatic rings. The number of anilines is 1. The molecule has 2 N–H and O–H groups in total. The van der Waals surface area contributed by atoms with Crippen LogP contribution in [0.1, 0.15) is 46.9 Å². The largest absolute Gasteiger partial charge is 0.346 e. The predicted molar refractivity (Wildman–Crippen MR) is 97.2 cm³/mol. The van der Waals surface area contributed by atoms with E-state index < -0.39 is 0 Å². The van der Waals surface area contributed by atoms with E-state index in [2.05, 4.69) is 15.6 Å². The van der Waals surface area contributed by atoms with Gasteiger partial charge in [-0.3, -0.25) is 9.59 Å². The highest BCUT2D eigenvalue weighted by Gasteiger charge is 2.19. The second-order valence-corrected chi connectivity index (χ2v) is 7.05. The van der Waals surface area contributed by atoms with E-state index in [1.54, 1.807) is 17.4 Å². The Labute approximate surface area is 146 Å². The quantitative estimate of drug-likeness (QED) is 0.785. The van der Waals surface area contributed by atoms with Crippen LogP contribution in [0.15, 0.2) is 24.3 Å². The molecular weight excluding hydrogens is 322 g/mol. The molecule has 24 heavy (non-hydrogen) atoms. The van der Waals surface area contributed by atoms with Crippen LogP contribution in [0.4, 0.5) is 5.69 Å². The number of carbonyl (C=O) groups excluding carboxylic acids is 2. The first kappa shape index (κ1) is 18.1. The second kappa shape index (κ2) is 8.06. The molecule has 0 unspecified atom stereocenters. The van der Waals surface area contributed by atoms with Gasteiger partial charge in [0.1, 0.15) is 11.4 Å². The van der Waals surface area contributed by atoms with Crippen LogP contribution >= 0.6 is 11.3 Å². The summed E-state index contributed by atoms with van der Waals surface area (Å²) < 4.78 is 0. The number of nitrogens with zero attached hydrogens (tertiary/aromatic N) is 1. The molecule has 0 bridgehead atoms. The van der Waals surface area contributed by atoms with Gasteiger partial charge in [0.2, 0.25) is 11.8 Å². The third kappa shape index (κ3) is 4.89. The minimum Gasteiger partial charge on any atom is -0.346 e. The highest BCUT2D eigenvalue weighted by Crippen LogP contribution is 2.24. The molecular formula is C18H23N3O2S. The molecule has 1 heterocycles. The first-order valence-electron chi connectivity index (χ1n) is 7.98. The second-order valence-electron chi connectivity index (χ2n) is 5.82. The van der Waals surface area contributed by atoms with Gasteiger partial charge in [0.25, 0.3) is 0 Å². The molecule has 0 spiro atoms. The number of aromatic nitrogens is 1. The average Bonchev–Trinajstić information content (AvgIpc) is 2.84. The molecule has 2 amide bonds. The van der Waals surface area contributed by atoms with Crippen molar-refractivity contribution in [3.8, 4) is 0 Å². The van der Waals surface area contributed by atoms with Gasteiger partial charge in [-0.05, 0) is 44.9 Å². The first-order valence-corrected chi connectivity index (χ1v) is 8.80. The monoisotopic (exact) mass is 345 g/mol. The van der Waals surface area contributed by atoms with Crippen molar-refractivity contribution in [2.45, 2.75) is 46.6 Å². The SMILES string of the molecule is CC[C@@H](NC(=O)CC(=O)Nc1cccc(C)c1)c1nc(C)c(C)s1. The number of hydrogen-bond acceptors (Lipinski definition) is 4. The Morgan fingerprint density at radius 1 is 1.21 bits per heavy atom. The van der Waals surface area contributed by atoms with Crippen molar-refractivity contribution in [2.75, 3.05) is 5.32 Å². The normalized spacial score (nSPS) is 11.8. The lowest BCUT2D eigenvalue weighted by Crippen LogP contribution is -2.31. The maximum Gasteiger partial charge on any atom is 0.233 e. The molecule has 5 nitrogen and oxygen atoms in total. The Balaban J connectivity index is 1.92. The fourth-order valence-corrected chi connectivity index (χ4v) is 3.36. The summed E-state index contributed by atoms with van der Waals surface area (Å²) in [5, 5.41) is 6.53. The van der Waals surface area contributed by atoms with E-state index in [0.717, 1.165) is 27.6 Å². The number of hydrogen-bond donors (Lipinski definition) is 2. The summed E-state index contributed by atoms with van der Waals surface area (Å²) in [4.78, 5) is 29.8. The van der Waals surface area contributed by atoms with E-state index >= 15 is 0 Å². The van der Waals surface area contributed by atoms with Crippen molar-refractivity contribution in [1.29, 1.82) is 0 Å². The van der Waals surface area contributed by atoms with Crippen molar-refractivity contribution in [1.82, 2.24) is 10.3 Å². The van der Waals surface area contributed by atoms with Crippen LogP contribution in [0.2, 0.25) is 0 Å². The van der Waals surface area contributed by atoms with Gasteiger partial charge in [0.15, 0.2) is 0 Å². The van der Waals surface area contributed by atoms with Crippen LogP contribution in [0.3, 0.4) is 0 Å². The third-order valence-corrected chi connectivity index (χ3v) is 4.90. The number of aryl methyl sites for hydroxylation is 3. The van der Waals surface area contributed by atoms with E-state index in [-0.39, 0.29) is 24.3 Å². The molecule has 0 fully saturated rings. The lowest BCUT2D eigenvalue weighted by Gasteiger charge is -2.14. The molecule has 6 heteroatoms. The van der Waals surface area contributed by atoms with Gasteiger partial charge in [0, 0.05) is 10.6 Å². The standard InChI is InChI=1S/C18H23N3O2S/c1-5-15(18-19-12(3)13(4)24-18)21-17(23)10-16(22)20-14-8-6-7-11(2)9-14/h6-9,15H,5,10H2,1-4H3,(H,20,22)(H,21,23)/t15-/m1/s1. The number of thiazole rings is 1. The van der Waals surface area contributed by atoms with E-state index in [9.17, 15) is 9.59 Å². The highest BCUT2D eigenvalue weighted by molar-refractivity contribution is 7.11. The molecule has 0 radical (unpaired) electrons. The van der Waals surface area contributed by atoms with Gasteiger partial charge in [-0.1, -0.05) is 19.1 Å². The number of rotatable bonds is 6. The van der Waals surface area contributed by atoms with Crippen LogP contribution in [-0.2, 0) is 9.59 Å². The van der Waals surface area contributed by atoms with Crippen molar-refractivity contribution in [3.63, 3.8) is 0 Å². The van der Waals surface area contributed by atoms with Gasteiger partial charge < -0.3 is 10.6 Å². The van der Waals surface area contributed by atoms with Crippen molar-refractivity contribution in [3.05, 3.63) is 45.4 Å². The van der Waals surface area contributed by atoms with Gasteiger partial charge in [-0.2, -0.15) is 0 Å². The summed E-state index contributed by atoms with van der Waals surface area (Å²) in [5.74, 6) is -0.614. The first-order chi connectivity index (χ1) is 11.4. The molecule has 1 aromatic carbocycles. The maximum atomic E-state index is 12.1. The highest BCUT2D eigenvalue weighted by atomic mass is 32.1. The Hall–Kier alpha value is -2.21. The van der Waals surface area contributed by atoms with E-state index in [1.807, 2.05) is 45.9 Å². The van der Waals surface area contributed by atoms with Crippen LogP contribution in [0, 0.1) is 20.8 Å². The smallest absolute Gasteiger partial charge is 0.233 e. The summed E-state index contributed by atoms with van der Waals surface area (Å²) in [5.41, 5.74) is 2.74. The zero-order valence-electron chi connectivity index (χ0n) is 14.5. The lowest BCUT2D eigenvalue weighted by atomic mass is 10.2. The van der Waals surface area contributed by atoms with Gasteiger partial charge in [0.05, 0.1) is 11.7 Å². The Morgan fingerprint density at radius 2 is 1.96 bits per heavy atom. The Kier molecular flexibility index (Phi) is 6.09. The summed E-state index contributed by atoms with van der Waals surface area (Å²) in [6.45, 7) is 7.91. The zero-order valence-corrected chi connectivity index (χ0v) is 15.3. The minimum atomic E-state index is -0.320. The predicted octanol–water partition coefficient (Wildman–Crippen LogP) is 3.66. The minimum absolute atomic E-state index is 0.151. The van der Waals surface area contributed by atoms with Gasteiger partial charge in [-0.15, -0.1) is 11.3 Å². The molecule has 2 rings (SSSR count). The van der Waals surface area contributed by atoms with Gasteiger partial charge >= 0.3 is 0 Å². The fraction of sp³-hybridized carbons (Fsp3) is 0.389. The Morgan fingerprint density at radius 3 is 2.54 bits per heavy atom. The Bertz CT molecular complexity index is 720. The molecule has 0 saturated carbocycles. The van der Waals surface area contributed by atoms with Crippen LogP contribution in [0.5, 0.6) is 0 Å². The number of carbonyl (C=O) groups is 2. The van der Waals surface area contributed by atoms with E-state index in [0.29, 0.717) is 5.69 Å². The molecule has 0 saturated heterocycles. The maximum absolute atomic E-state index is 12.1. The summed E-state index contributed by atoms with van der Waals surface area (Å²) in [6, 6.07) is 7.34. The lowest BCUT2D eigenvalue weighted by molar-refractivity contribution is -0.127. The molecule has 0 aliphatic carbocycles. The van der Waals surface area contributed by atoms with Crippen LogP contribution < -0.4 is 10.6 Å². The van der Waals surface area contributed by atoms with Crippen molar-refractivity contribution >= 4 is 28.8 Å². The van der Waals surface area contributed by atoms with Gasteiger partial charge in [-0.25, -0.2) is 4.98 Å². The summed E-state index contributed by atoms with van der Waals surface area (Å²) in [7, 11) is 0. The average molecular weight is 345 g/mol. The topological polar surface area (TPSA) is 71.1 Å². The van der Waals surface area contributed by atoms with Crippen molar-refractivity contribution < 1.29 is 9.59 Å². The van der Waals surface area contributed by atoms with Crippen molar-refractivity contribution in [2.24, 2.45) is 0 Å². The van der Waals surface area contributed by atoms with Crippen LogP contribution in [-0.4, -0.2) is 16.8 Å². The van der Waals surface area contributed by atoms with E-state index in [4.69, 9.17) is 0 Å². The number of benzene rings is 1. The van der Waals surface area contributed by atoms with Crippen LogP contribution in [0.25, 0.3) is 0 Å². The third-order valence-electron chi connectivity index (χ3n) is 3.71. The molecule has 1 aromatic heterocycles.